The highest BCUT2D eigenvalue weighted by molar-refractivity contribution is 6.30. The fraction of sp³-hybridized carbons (Fsp3) is 0.222. The van der Waals surface area contributed by atoms with Crippen LogP contribution in [0, 0.1) is 0 Å². The molecule has 0 unspecified atom stereocenters. The summed E-state index contributed by atoms with van der Waals surface area (Å²) in [6.45, 7) is 1.80. The Hall–Kier alpha value is -2.33. The normalized spacial score (nSPS) is 11.6. The number of amides is 2. The van der Waals surface area contributed by atoms with Gasteiger partial charge in [-0.05, 0) is 23.3 Å². The lowest BCUT2D eigenvalue weighted by molar-refractivity contribution is -0.139. The Labute approximate surface area is 141 Å². The Kier molecular flexibility index (Phi) is 5.77. The van der Waals surface area contributed by atoms with Crippen LogP contribution >= 0.6 is 11.6 Å². The summed E-state index contributed by atoms with van der Waals surface area (Å²) in [5, 5.41) is 3.27. The molecule has 4 nitrogen and oxygen atoms in total. The van der Waals surface area contributed by atoms with Crippen LogP contribution in [0.3, 0.4) is 0 Å². The molecule has 5 heteroatoms. The number of halogens is 1. The smallest absolute Gasteiger partial charge is 0.247 e. The topological polar surface area (TPSA) is 49.4 Å². The van der Waals surface area contributed by atoms with Gasteiger partial charge in [0.15, 0.2) is 0 Å². The van der Waals surface area contributed by atoms with Crippen LogP contribution in [0.5, 0.6) is 0 Å². The van der Waals surface area contributed by atoms with Crippen molar-refractivity contribution in [2.45, 2.75) is 19.5 Å². The number of rotatable bonds is 5. The molecule has 2 rings (SSSR count). The summed E-state index contributed by atoms with van der Waals surface area (Å²) in [5.41, 5.74) is 1.69. The highest BCUT2D eigenvalue weighted by Crippen LogP contribution is 2.24. The number of carbonyl (C=O) groups excluding carboxylic acids is 2. The number of nitrogens with zero attached hydrogens (tertiary/aromatic N) is 1. The predicted molar refractivity (Wildman–Crippen MR) is 90.9 cm³/mol. The van der Waals surface area contributed by atoms with E-state index in [0.29, 0.717) is 11.6 Å². The summed E-state index contributed by atoms with van der Waals surface area (Å²) in [7, 11) is 1.57. The Morgan fingerprint density at radius 1 is 1.09 bits per heavy atom. The van der Waals surface area contributed by atoms with Crippen LogP contribution in [0.2, 0.25) is 5.02 Å². The van der Waals surface area contributed by atoms with Crippen molar-refractivity contribution in [2.75, 3.05) is 7.05 Å². The first kappa shape index (κ1) is 17.0. The Morgan fingerprint density at radius 2 is 1.70 bits per heavy atom. The number of nitrogens with one attached hydrogen (secondary N) is 1. The third kappa shape index (κ3) is 4.33. The summed E-state index contributed by atoms with van der Waals surface area (Å²) in [6, 6.07) is 15.8. The second-order valence-corrected chi connectivity index (χ2v) is 5.64. The zero-order valence-electron chi connectivity index (χ0n) is 13.1. The molecule has 0 fully saturated rings. The fourth-order valence-electron chi connectivity index (χ4n) is 2.42. The summed E-state index contributed by atoms with van der Waals surface area (Å²) in [6.07, 6.45) is 0. The average molecular weight is 331 g/mol. The fourth-order valence-corrected chi connectivity index (χ4v) is 2.54. The zero-order chi connectivity index (χ0) is 16.8. The number of hydrogen-bond acceptors (Lipinski definition) is 2. The van der Waals surface area contributed by atoms with Crippen molar-refractivity contribution in [3.8, 4) is 0 Å². The average Bonchev–Trinajstić information content (AvgIpc) is 2.56. The quantitative estimate of drug-likeness (QED) is 0.915. The van der Waals surface area contributed by atoms with Crippen LogP contribution in [-0.2, 0) is 16.1 Å². The van der Waals surface area contributed by atoms with E-state index in [1.54, 1.807) is 24.1 Å². The van der Waals surface area contributed by atoms with Crippen molar-refractivity contribution in [1.82, 2.24) is 10.2 Å². The highest BCUT2D eigenvalue weighted by atomic mass is 35.5. The standard InChI is InChI=1S/C18H19ClN2O2/c1-13(22)21(12-14-8-10-16(19)11-9-14)17(18(23)20-2)15-6-4-3-5-7-15/h3-11,17H,12H2,1-2H3,(H,20,23)/t17-/m0/s1. The van der Waals surface area contributed by atoms with Crippen molar-refractivity contribution < 1.29 is 9.59 Å². The van der Waals surface area contributed by atoms with Crippen LogP contribution in [-0.4, -0.2) is 23.8 Å². The number of benzene rings is 2. The molecular formula is C18H19ClN2O2. The number of likely N-dealkylation sites (N-methyl/N-ethyl adjacent to an activating group) is 1. The van der Waals surface area contributed by atoms with E-state index < -0.39 is 6.04 Å². The molecule has 0 bridgehead atoms. The molecule has 2 aromatic carbocycles. The molecule has 120 valence electrons. The third-order valence-electron chi connectivity index (χ3n) is 3.59. The Bertz CT molecular complexity index is 671. The third-order valence-corrected chi connectivity index (χ3v) is 3.84. The minimum absolute atomic E-state index is 0.169. The SMILES string of the molecule is CNC(=O)[C@H](c1ccccc1)N(Cc1ccc(Cl)cc1)C(C)=O. The van der Waals surface area contributed by atoms with Crippen molar-refractivity contribution >= 4 is 23.4 Å². The Balaban J connectivity index is 2.36. The van der Waals surface area contributed by atoms with E-state index in [-0.39, 0.29) is 11.8 Å². The van der Waals surface area contributed by atoms with Gasteiger partial charge in [-0.1, -0.05) is 54.1 Å². The number of hydrogen-bond donors (Lipinski definition) is 1. The second-order valence-electron chi connectivity index (χ2n) is 5.20. The van der Waals surface area contributed by atoms with Crippen LogP contribution < -0.4 is 5.32 Å². The second kappa shape index (κ2) is 7.79. The van der Waals surface area contributed by atoms with Crippen molar-refractivity contribution in [3.63, 3.8) is 0 Å². The molecule has 0 aliphatic rings. The molecule has 0 radical (unpaired) electrons. The van der Waals surface area contributed by atoms with Crippen LogP contribution in [0.25, 0.3) is 0 Å². The molecule has 2 aromatic rings. The lowest BCUT2D eigenvalue weighted by Gasteiger charge is -2.30. The largest absolute Gasteiger partial charge is 0.357 e. The van der Waals surface area contributed by atoms with E-state index in [4.69, 9.17) is 11.6 Å². The van der Waals surface area contributed by atoms with Gasteiger partial charge >= 0.3 is 0 Å². The molecular weight excluding hydrogens is 312 g/mol. The maximum absolute atomic E-state index is 12.4. The van der Waals surface area contributed by atoms with Crippen molar-refractivity contribution in [3.05, 3.63) is 70.7 Å². The summed E-state index contributed by atoms with van der Waals surface area (Å²) >= 11 is 5.90. The maximum Gasteiger partial charge on any atom is 0.247 e. The van der Waals surface area contributed by atoms with Gasteiger partial charge in [0.2, 0.25) is 11.8 Å². The maximum atomic E-state index is 12.4. The molecule has 0 spiro atoms. The van der Waals surface area contributed by atoms with E-state index in [9.17, 15) is 9.59 Å². The number of carbonyl (C=O) groups is 2. The summed E-state index contributed by atoms with van der Waals surface area (Å²) in [5.74, 6) is -0.391. The first-order valence-electron chi connectivity index (χ1n) is 7.31. The van der Waals surface area contributed by atoms with E-state index in [0.717, 1.165) is 11.1 Å². The summed E-state index contributed by atoms with van der Waals surface area (Å²) < 4.78 is 0. The van der Waals surface area contributed by atoms with Gasteiger partial charge in [0, 0.05) is 25.5 Å². The minimum atomic E-state index is -0.672. The van der Waals surface area contributed by atoms with Gasteiger partial charge in [-0.3, -0.25) is 9.59 Å². The van der Waals surface area contributed by atoms with Gasteiger partial charge in [0.25, 0.3) is 0 Å². The summed E-state index contributed by atoms with van der Waals surface area (Å²) in [4.78, 5) is 26.1. The van der Waals surface area contributed by atoms with Crippen molar-refractivity contribution in [2.24, 2.45) is 0 Å². The van der Waals surface area contributed by atoms with Gasteiger partial charge in [0.05, 0.1) is 0 Å². The van der Waals surface area contributed by atoms with Crippen LogP contribution in [0.1, 0.15) is 24.1 Å². The van der Waals surface area contributed by atoms with E-state index in [1.807, 2.05) is 42.5 Å². The monoisotopic (exact) mass is 330 g/mol. The molecule has 0 saturated carbocycles. The van der Waals surface area contributed by atoms with Gasteiger partial charge < -0.3 is 10.2 Å². The van der Waals surface area contributed by atoms with Gasteiger partial charge in [-0.2, -0.15) is 0 Å². The van der Waals surface area contributed by atoms with Gasteiger partial charge in [-0.25, -0.2) is 0 Å². The molecule has 0 aromatic heterocycles. The van der Waals surface area contributed by atoms with E-state index >= 15 is 0 Å². The van der Waals surface area contributed by atoms with E-state index in [2.05, 4.69) is 5.32 Å². The Morgan fingerprint density at radius 3 is 2.22 bits per heavy atom. The van der Waals surface area contributed by atoms with E-state index in [1.165, 1.54) is 6.92 Å². The molecule has 1 atom stereocenters. The molecule has 0 aliphatic carbocycles. The molecule has 23 heavy (non-hydrogen) atoms. The predicted octanol–water partition coefficient (Wildman–Crippen LogP) is 3.18. The first-order valence-corrected chi connectivity index (χ1v) is 7.69. The van der Waals surface area contributed by atoms with Crippen molar-refractivity contribution in [1.29, 1.82) is 0 Å². The molecule has 2 amide bonds. The van der Waals surface area contributed by atoms with Crippen LogP contribution in [0.4, 0.5) is 0 Å². The minimum Gasteiger partial charge on any atom is -0.357 e. The molecule has 0 aliphatic heterocycles. The molecule has 0 heterocycles. The highest BCUT2D eigenvalue weighted by Gasteiger charge is 2.28. The zero-order valence-corrected chi connectivity index (χ0v) is 13.9. The lowest BCUT2D eigenvalue weighted by atomic mass is 10.0. The van der Waals surface area contributed by atoms with Gasteiger partial charge in [0.1, 0.15) is 6.04 Å². The molecule has 0 saturated heterocycles. The first-order chi connectivity index (χ1) is 11.0. The van der Waals surface area contributed by atoms with Crippen LogP contribution in [0.15, 0.2) is 54.6 Å². The lowest BCUT2D eigenvalue weighted by Crippen LogP contribution is -2.41. The molecule has 1 N–H and O–H groups in total. The van der Waals surface area contributed by atoms with Gasteiger partial charge in [-0.15, -0.1) is 0 Å².